The van der Waals surface area contributed by atoms with Crippen LogP contribution < -0.4 is 5.56 Å². The molecule has 5 rings (SSSR count). The summed E-state index contributed by atoms with van der Waals surface area (Å²) in [5.74, 6) is -0.371. The Morgan fingerprint density at radius 2 is 1.46 bits per heavy atom. The predicted molar refractivity (Wildman–Crippen MR) is 148 cm³/mol. The van der Waals surface area contributed by atoms with Crippen molar-refractivity contribution in [1.29, 1.82) is 0 Å². The van der Waals surface area contributed by atoms with E-state index in [-0.39, 0.29) is 11.3 Å². The Bertz CT molecular complexity index is 1620. The second-order valence-electron chi connectivity index (χ2n) is 8.09. The van der Waals surface area contributed by atoms with Crippen LogP contribution in [0.2, 0.25) is 5.02 Å². The lowest BCUT2D eigenvalue weighted by Gasteiger charge is -2.11. The van der Waals surface area contributed by atoms with Crippen LogP contribution in [0.25, 0.3) is 39.2 Å². The molecule has 1 aromatic heterocycles. The van der Waals surface area contributed by atoms with Crippen LogP contribution in [0, 0.1) is 0 Å². The van der Waals surface area contributed by atoms with Crippen molar-refractivity contribution in [3.8, 4) is 22.3 Å². The van der Waals surface area contributed by atoms with E-state index in [1.54, 1.807) is 24.3 Å². The lowest BCUT2D eigenvalue weighted by Crippen LogP contribution is -2.18. The van der Waals surface area contributed by atoms with Crippen molar-refractivity contribution in [3.05, 3.63) is 134 Å². The van der Waals surface area contributed by atoms with E-state index >= 15 is 0 Å². The van der Waals surface area contributed by atoms with Crippen LogP contribution in [-0.4, -0.2) is 10.8 Å². The van der Waals surface area contributed by atoms with E-state index in [9.17, 15) is 9.59 Å². The van der Waals surface area contributed by atoms with Crippen LogP contribution in [0.1, 0.15) is 15.9 Å². The maximum atomic E-state index is 13.3. The SMILES string of the molecule is O=C(/C=C/c1ccc(-c2ccc(Br)cc2)cc1)c1c(-c2ccccc2)c2cc(Cl)ccc2[nH]c1=O. The number of aromatic amines is 1. The van der Waals surface area contributed by atoms with Gasteiger partial charge in [0, 0.05) is 26.0 Å². The van der Waals surface area contributed by atoms with Gasteiger partial charge in [0.25, 0.3) is 5.56 Å². The van der Waals surface area contributed by atoms with Gasteiger partial charge in [0.15, 0.2) is 5.78 Å². The first kappa shape index (κ1) is 23.0. The number of fused-ring (bicyclic) bond motifs is 1. The molecule has 3 nitrogen and oxygen atoms in total. The predicted octanol–water partition coefficient (Wildman–Crippen LogP) is 8.17. The Labute approximate surface area is 215 Å². The highest BCUT2D eigenvalue weighted by atomic mass is 79.9. The van der Waals surface area contributed by atoms with E-state index in [4.69, 9.17) is 11.6 Å². The highest BCUT2D eigenvalue weighted by Gasteiger charge is 2.19. The first-order valence-electron chi connectivity index (χ1n) is 11.0. The number of pyridine rings is 1. The van der Waals surface area contributed by atoms with Crippen molar-refractivity contribution in [2.24, 2.45) is 0 Å². The minimum Gasteiger partial charge on any atom is -0.321 e. The van der Waals surface area contributed by atoms with E-state index in [2.05, 4.69) is 20.9 Å². The number of nitrogens with one attached hydrogen (secondary N) is 1. The summed E-state index contributed by atoms with van der Waals surface area (Å²) in [4.78, 5) is 29.2. The summed E-state index contributed by atoms with van der Waals surface area (Å²) < 4.78 is 1.03. The second-order valence-corrected chi connectivity index (χ2v) is 9.44. The summed E-state index contributed by atoms with van der Waals surface area (Å²) in [6.07, 6.45) is 3.17. The largest absolute Gasteiger partial charge is 0.321 e. The number of hydrogen-bond donors (Lipinski definition) is 1. The van der Waals surface area contributed by atoms with Gasteiger partial charge in [-0.15, -0.1) is 0 Å². The van der Waals surface area contributed by atoms with Gasteiger partial charge in [0.05, 0.1) is 5.56 Å². The molecular formula is C30H19BrClNO2. The molecule has 0 aliphatic carbocycles. The third-order valence-corrected chi connectivity index (χ3v) is 6.56. The van der Waals surface area contributed by atoms with Gasteiger partial charge in [0.2, 0.25) is 0 Å². The zero-order chi connectivity index (χ0) is 24.4. The monoisotopic (exact) mass is 539 g/mol. The Balaban J connectivity index is 1.53. The van der Waals surface area contributed by atoms with E-state index in [0.717, 1.165) is 32.1 Å². The number of halogens is 2. The molecule has 1 heterocycles. The van der Waals surface area contributed by atoms with Gasteiger partial charge in [-0.3, -0.25) is 9.59 Å². The molecule has 35 heavy (non-hydrogen) atoms. The molecule has 0 aliphatic heterocycles. The molecule has 0 fully saturated rings. The summed E-state index contributed by atoms with van der Waals surface area (Å²) in [5, 5.41) is 1.25. The number of carbonyl (C=O) groups excluding carboxylic acids is 1. The van der Waals surface area contributed by atoms with Crippen molar-refractivity contribution in [1.82, 2.24) is 4.98 Å². The standard InChI is InChI=1S/C30H19BrClNO2/c31-23-13-11-21(12-14-23)20-9-6-19(7-10-20)8-17-27(34)29-28(22-4-2-1-3-5-22)25-18-24(32)15-16-26(25)33-30(29)35/h1-18H,(H,33,35)/b17-8+. The smallest absolute Gasteiger partial charge is 0.260 e. The van der Waals surface area contributed by atoms with Gasteiger partial charge in [0.1, 0.15) is 0 Å². The first-order chi connectivity index (χ1) is 17.0. The van der Waals surface area contributed by atoms with Crippen LogP contribution in [0.3, 0.4) is 0 Å². The van der Waals surface area contributed by atoms with Gasteiger partial charge in [-0.2, -0.15) is 0 Å². The van der Waals surface area contributed by atoms with Crippen molar-refractivity contribution in [2.45, 2.75) is 0 Å². The Morgan fingerprint density at radius 3 is 2.14 bits per heavy atom. The summed E-state index contributed by atoms with van der Waals surface area (Å²) in [7, 11) is 0. The molecule has 0 atom stereocenters. The molecule has 0 amide bonds. The van der Waals surface area contributed by atoms with Crippen LogP contribution in [0.4, 0.5) is 0 Å². The number of benzene rings is 4. The van der Waals surface area contributed by atoms with Crippen LogP contribution in [-0.2, 0) is 0 Å². The normalized spacial score (nSPS) is 11.3. The van der Waals surface area contributed by atoms with Gasteiger partial charge in [-0.25, -0.2) is 0 Å². The van der Waals surface area contributed by atoms with E-state index < -0.39 is 5.56 Å². The number of carbonyl (C=O) groups is 1. The Hall–Kier alpha value is -3.73. The highest BCUT2D eigenvalue weighted by Crippen LogP contribution is 2.31. The topological polar surface area (TPSA) is 49.9 Å². The molecule has 5 heteroatoms. The summed E-state index contributed by atoms with van der Waals surface area (Å²) >= 11 is 9.71. The maximum absolute atomic E-state index is 13.3. The molecule has 0 saturated carbocycles. The zero-order valence-corrected chi connectivity index (χ0v) is 20.8. The third-order valence-electron chi connectivity index (χ3n) is 5.80. The molecular weight excluding hydrogens is 522 g/mol. The molecule has 0 radical (unpaired) electrons. The fourth-order valence-corrected chi connectivity index (χ4v) is 4.53. The van der Waals surface area contributed by atoms with E-state index in [1.165, 1.54) is 6.08 Å². The number of H-pyrrole nitrogens is 1. The Kier molecular flexibility index (Phi) is 6.49. The number of allylic oxidation sites excluding steroid dienone is 1. The number of aromatic nitrogens is 1. The summed E-state index contributed by atoms with van der Waals surface area (Å²) in [6.45, 7) is 0. The van der Waals surface area contributed by atoms with E-state index in [0.29, 0.717) is 16.1 Å². The average Bonchev–Trinajstić information content (AvgIpc) is 2.88. The minimum absolute atomic E-state index is 0.0914. The van der Waals surface area contributed by atoms with Gasteiger partial charge in [-0.1, -0.05) is 100 Å². The molecule has 0 bridgehead atoms. The van der Waals surface area contributed by atoms with Crippen molar-refractivity contribution >= 4 is 50.3 Å². The van der Waals surface area contributed by atoms with Crippen molar-refractivity contribution in [2.75, 3.05) is 0 Å². The molecule has 4 aromatic carbocycles. The second kappa shape index (κ2) is 9.87. The number of hydrogen-bond acceptors (Lipinski definition) is 2. The zero-order valence-electron chi connectivity index (χ0n) is 18.5. The van der Waals surface area contributed by atoms with Crippen molar-refractivity contribution < 1.29 is 4.79 Å². The van der Waals surface area contributed by atoms with Crippen LogP contribution in [0.15, 0.2) is 112 Å². The minimum atomic E-state index is -0.432. The van der Waals surface area contributed by atoms with E-state index in [1.807, 2.05) is 78.9 Å². The number of ketones is 1. The fraction of sp³-hybridized carbons (Fsp3) is 0. The summed E-state index contributed by atoms with van der Waals surface area (Å²) in [6, 6.07) is 30.7. The molecule has 0 spiro atoms. The molecule has 0 unspecified atom stereocenters. The molecule has 0 saturated heterocycles. The fourth-order valence-electron chi connectivity index (χ4n) is 4.09. The van der Waals surface area contributed by atoms with Crippen LogP contribution in [0.5, 0.6) is 0 Å². The maximum Gasteiger partial charge on any atom is 0.260 e. The highest BCUT2D eigenvalue weighted by molar-refractivity contribution is 9.10. The lowest BCUT2D eigenvalue weighted by molar-refractivity contribution is 0.104. The quantitative estimate of drug-likeness (QED) is 0.180. The number of rotatable bonds is 5. The summed E-state index contributed by atoms with van der Waals surface area (Å²) in [5.41, 5.74) is 4.69. The van der Waals surface area contributed by atoms with Gasteiger partial charge >= 0.3 is 0 Å². The first-order valence-corrected chi connectivity index (χ1v) is 12.2. The van der Waals surface area contributed by atoms with Gasteiger partial charge < -0.3 is 4.98 Å². The van der Waals surface area contributed by atoms with Crippen molar-refractivity contribution in [3.63, 3.8) is 0 Å². The van der Waals surface area contributed by atoms with Gasteiger partial charge in [-0.05, 0) is 58.7 Å². The molecule has 170 valence electrons. The molecule has 1 N–H and O–H groups in total. The Morgan fingerprint density at radius 1 is 0.800 bits per heavy atom. The molecule has 5 aromatic rings. The lowest BCUT2D eigenvalue weighted by atomic mass is 9.94. The average molecular weight is 541 g/mol. The molecule has 0 aliphatic rings. The van der Waals surface area contributed by atoms with Crippen LogP contribution >= 0.6 is 27.5 Å². The third kappa shape index (κ3) is 4.90.